The standard InChI is InChI=1S/C24H16F6N6O/c1-36-11-18(24(28,29)30)33-21(36)14-8-6-13(7-9-14)12-37-22-19-17(10-31-35-19)32-20(34-22)15-4-2-3-5-16(15)23(25,26)27/h2-11H,12H2,1H3,(H,31,35). The van der Waals surface area contributed by atoms with Gasteiger partial charge in [0.1, 0.15) is 23.5 Å². The fraction of sp³-hybridized carbons (Fsp3) is 0.167. The number of benzene rings is 2. The first-order chi connectivity index (χ1) is 17.5. The Morgan fingerprint density at radius 3 is 2.30 bits per heavy atom. The second-order valence-corrected chi connectivity index (χ2v) is 8.07. The SMILES string of the molecule is Cn1cc(C(F)(F)F)nc1-c1ccc(COc2nc(-c3ccccc3C(F)(F)F)nc3cn[nH]c23)cc1. The van der Waals surface area contributed by atoms with Crippen molar-refractivity contribution < 1.29 is 31.1 Å². The average molecular weight is 518 g/mol. The highest BCUT2D eigenvalue weighted by atomic mass is 19.4. The zero-order chi connectivity index (χ0) is 26.4. The summed E-state index contributed by atoms with van der Waals surface area (Å²) in [6, 6.07) is 11.4. The molecule has 0 aliphatic heterocycles. The van der Waals surface area contributed by atoms with Gasteiger partial charge in [-0.1, -0.05) is 42.5 Å². The van der Waals surface area contributed by atoms with Crippen LogP contribution in [0.3, 0.4) is 0 Å². The number of imidazole rings is 1. The van der Waals surface area contributed by atoms with Crippen molar-refractivity contribution in [3.8, 4) is 28.7 Å². The minimum Gasteiger partial charge on any atom is -0.471 e. The summed E-state index contributed by atoms with van der Waals surface area (Å²) in [7, 11) is 1.47. The second kappa shape index (κ2) is 8.91. The largest absolute Gasteiger partial charge is 0.471 e. The first-order valence-electron chi connectivity index (χ1n) is 10.7. The topological polar surface area (TPSA) is 81.5 Å². The van der Waals surface area contributed by atoms with Gasteiger partial charge in [0, 0.05) is 24.4 Å². The van der Waals surface area contributed by atoms with E-state index in [4.69, 9.17) is 4.74 Å². The van der Waals surface area contributed by atoms with E-state index in [1.807, 2.05) is 0 Å². The third kappa shape index (κ3) is 4.84. The van der Waals surface area contributed by atoms with Gasteiger partial charge in [-0.2, -0.15) is 36.4 Å². The smallest absolute Gasteiger partial charge is 0.434 e. The highest BCUT2D eigenvalue weighted by molar-refractivity contribution is 5.81. The van der Waals surface area contributed by atoms with Crippen molar-refractivity contribution in [3.05, 3.63) is 77.7 Å². The van der Waals surface area contributed by atoms with E-state index in [1.165, 1.54) is 36.0 Å². The molecule has 0 unspecified atom stereocenters. The minimum atomic E-state index is -4.61. The number of ether oxygens (including phenoxy) is 1. The number of nitrogens with zero attached hydrogens (tertiary/aromatic N) is 5. The van der Waals surface area contributed by atoms with E-state index >= 15 is 0 Å². The van der Waals surface area contributed by atoms with Crippen molar-refractivity contribution >= 4 is 11.0 Å². The molecule has 0 bridgehead atoms. The number of rotatable bonds is 5. The molecule has 1 N–H and O–H groups in total. The summed E-state index contributed by atoms with van der Waals surface area (Å²) < 4.78 is 86.6. The van der Waals surface area contributed by atoms with Crippen molar-refractivity contribution in [2.45, 2.75) is 19.0 Å². The molecule has 190 valence electrons. The van der Waals surface area contributed by atoms with Crippen molar-refractivity contribution in [3.63, 3.8) is 0 Å². The van der Waals surface area contributed by atoms with Crippen LogP contribution in [0.1, 0.15) is 16.8 Å². The summed E-state index contributed by atoms with van der Waals surface area (Å²) in [6.45, 7) is -0.0276. The van der Waals surface area contributed by atoms with E-state index in [9.17, 15) is 26.3 Å². The van der Waals surface area contributed by atoms with Gasteiger partial charge < -0.3 is 9.30 Å². The van der Waals surface area contributed by atoms with Gasteiger partial charge in [0.2, 0.25) is 5.88 Å². The van der Waals surface area contributed by atoms with Crippen LogP contribution in [0.25, 0.3) is 33.8 Å². The lowest BCUT2D eigenvalue weighted by Gasteiger charge is -2.13. The third-order valence-electron chi connectivity index (χ3n) is 5.49. The molecule has 0 radical (unpaired) electrons. The molecule has 0 fully saturated rings. The van der Waals surface area contributed by atoms with Crippen LogP contribution < -0.4 is 4.74 Å². The number of fused-ring (bicyclic) bond motifs is 1. The van der Waals surface area contributed by atoms with Crippen LogP contribution in [0.5, 0.6) is 5.88 Å². The maximum Gasteiger partial charge on any atom is 0.434 e. The monoisotopic (exact) mass is 518 g/mol. The van der Waals surface area contributed by atoms with Crippen molar-refractivity contribution in [2.75, 3.05) is 0 Å². The molecule has 0 aliphatic rings. The summed E-state index contributed by atoms with van der Waals surface area (Å²) in [5.74, 6) is -0.0392. The predicted molar refractivity (Wildman–Crippen MR) is 120 cm³/mol. The Balaban J connectivity index is 1.41. The number of halogens is 6. The van der Waals surface area contributed by atoms with Gasteiger partial charge >= 0.3 is 12.4 Å². The van der Waals surface area contributed by atoms with Gasteiger partial charge in [-0.15, -0.1) is 0 Å². The van der Waals surface area contributed by atoms with Gasteiger partial charge in [-0.25, -0.2) is 9.97 Å². The molecule has 37 heavy (non-hydrogen) atoms. The number of aromatic amines is 1. The molecule has 0 spiro atoms. The first kappa shape index (κ1) is 24.3. The van der Waals surface area contributed by atoms with Gasteiger partial charge in [-0.05, 0) is 11.6 Å². The van der Waals surface area contributed by atoms with Gasteiger partial charge in [0.15, 0.2) is 11.5 Å². The number of aryl methyl sites for hydroxylation is 1. The molecule has 0 amide bonds. The minimum absolute atomic E-state index is 0.00234. The molecule has 5 aromatic rings. The van der Waals surface area contributed by atoms with E-state index in [0.29, 0.717) is 16.6 Å². The Labute approximate surface area is 204 Å². The summed E-state index contributed by atoms with van der Waals surface area (Å²) in [5.41, 5.74) is -0.418. The van der Waals surface area contributed by atoms with Gasteiger partial charge in [-0.3, -0.25) is 5.10 Å². The van der Waals surface area contributed by atoms with E-state index in [1.54, 1.807) is 24.3 Å². The Bertz CT molecular complexity index is 1570. The van der Waals surface area contributed by atoms with Crippen molar-refractivity contribution in [2.24, 2.45) is 7.05 Å². The molecular formula is C24H16F6N6O. The number of hydrogen-bond acceptors (Lipinski definition) is 5. The molecule has 0 saturated carbocycles. The maximum atomic E-state index is 13.5. The van der Waals surface area contributed by atoms with Crippen LogP contribution in [0.15, 0.2) is 60.9 Å². The summed E-state index contributed by atoms with van der Waals surface area (Å²) in [5, 5.41) is 6.55. The molecule has 3 aromatic heterocycles. The fourth-order valence-electron chi connectivity index (χ4n) is 3.74. The normalized spacial score (nSPS) is 12.3. The first-order valence-corrected chi connectivity index (χ1v) is 10.7. The molecule has 5 rings (SSSR count). The second-order valence-electron chi connectivity index (χ2n) is 8.07. The van der Waals surface area contributed by atoms with Crippen LogP contribution in [-0.2, 0) is 26.0 Å². The lowest BCUT2D eigenvalue weighted by Crippen LogP contribution is -2.08. The van der Waals surface area contributed by atoms with E-state index in [0.717, 1.165) is 12.3 Å². The van der Waals surface area contributed by atoms with E-state index in [2.05, 4.69) is 25.1 Å². The Morgan fingerprint density at radius 2 is 1.62 bits per heavy atom. The molecule has 7 nitrogen and oxygen atoms in total. The maximum absolute atomic E-state index is 13.5. The lowest BCUT2D eigenvalue weighted by molar-refractivity contribution is -0.141. The number of hydrogen-bond donors (Lipinski definition) is 1. The molecule has 0 atom stereocenters. The number of H-pyrrole nitrogens is 1. The van der Waals surface area contributed by atoms with E-state index < -0.39 is 23.6 Å². The summed E-state index contributed by atoms with van der Waals surface area (Å²) in [6.07, 6.45) is -6.91. The average Bonchev–Trinajstić information content (AvgIpc) is 3.49. The van der Waals surface area contributed by atoms with Gasteiger partial charge in [0.25, 0.3) is 0 Å². The zero-order valence-electron chi connectivity index (χ0n) is 18.9. The summed E-state index contributed by atoms with van der Waals surface area (Å²) in [4.78, 5) is 12.1. The highest BCUT2D eigenvalue weighted by Gasteiger charge is 2.35. The third-order valence-corrected chi connectivity index (χ3v) is 5.49. The molecule has 0 saturated heterocycles. The van der Waals surface area contributed by atoms with Crippen LogP contribution in [0.2, 0.25) is 0 Å². The lowest BCUT2D eigenvalue weighted by atomic mass is 10.1. The van der Waals surface area contributed by atoms with Crippen LogP contribution in [0, 0.1) is 0 Å². The molecule has 3 heterocycles. The van der Waals surface area contributed by atoms with Crippen LogP contribution >= 0.6 is 0 Å². The van der Waals surface area contributed by atoms with Crippen LogP contribution in [0.4, 0.5) is 26.3 Å². The Hall–Kier alpha value is -4.42. The molecule has 2 aromatic carbocycles. The predicted octanol–water partition coefficient (Wildman–Crippen LogP) is 6.04. The zero-order valence-corrected chi connectivity index (χ0v) is 18.9. The van der Waals surface area contributed by atoms with E-state index in [-0.39, 0.29) is 35.2 Å². The quantitative estimate of drug-likeness (QED) is 0.287. The Kier molecular flexibility index (Phi) is 5.85. The molecule has 0 aliphatic carbocycles. The van der Waals surface area contributed by atoms with Crippen molar-refractivity contribution in [1.29, 1.82) is 0 Å². The van der Waals surface area contributed by atoms with Gasteiger partial charge in [0.05, 0.1) is 11.8 Å². The van der Waals surface area contributed by atoms with Crippen molar-refractivity contribution in [1.82, 2.24) is 29.7 Å². The molecular weight excluding hydrogens is 502 g/mol. The highest BCUT2D eigenvalue weighted by Crippen LogP contribution is 2.37. The number of alkyl halides is 6. The Morgan fingerprint density at radius 1 is 0.892 bits per heavy atom. The number of nitrogens with one attached hydrogen (secondary N) is 1. The summed E-state index contributed by atoms with van der Waals surface area (Å²) >= 11 is 0. The number of aromatic nitrogens is 6. The molecule has 13 heteroatoms. The fourth-order valence-corrected chi connectivity index (χ4v) is 3.74. The van der Waals surface area contributed by atoms with Crippen LogP contribution in [-0.4, -0.2) is 29.7 Å².